The van der Waals surface area contributed by atoms with Gasteiger partial charge in [0, 0.05) is 6.42 Å². The number of furan rings is 1. The van der Waals surface area contributed by atoms with Gasteiger partial charge < -0.3 is 4.42 Å². The fraction of sp³-hybridized carbons (Fsp3) is 0.429. The Morgan fingerprint density at radius 1 is 1.39 bits per heavy atom. The molecule has 3 rings (SSSR count). The Kier molecular flexibility index (Phi) is 2.45. The lowest BCUT2D eigenvalue weighted by atomic mass is 9.78. The number of rotatable bonds is 1. The Morgan fingerprint density at radius 2 is 2.17 bits per heavy atom. The van der Waals surface area contributed by atoms with Gasteiger partial charge in [-0.2, -0.15) is 0 Å². The monoisotopic (exact) mass is 261 g/mol. The number of hydrogen-bond donors (Lipinski definition) is 0. The molecule has 0 unspecified atom stereocenters. The molecule has 0 N–H and O–H groups in total. The molecule has 0 bridgehead atoms. The molecule has 0 spiro atoms. The fourth-order valence-electron chi connectivity index (χ4n) is 2.44. The van der Waals surface area contributed by atoms with Crippen LogP contribution >= 0.6 is 11.3 Å². The minimum absolute atomic E-state index is 0.0286. The first-order chi connectivity index (χ1) is 8.46. The maximum Gasteiger partial charge on any atom is 0.175 e. The zero-order chi connectivity index (χ0) is 12.9. The Bertz CT molecular complexity index is 622. The second kappa shape index (κ2) is 3.79. The summed E-state index contributed by atoms with van der Waals surface area (Å²) >= 11 is 1.50. The molecule has 0 aliphatic heterocycles. The van der Waals surface area contributed by atoms with Crippen molar-refractivity contribution in [2.24, 2.45) is 5.41 Å². The Morgan fingerprint density at radius 3 is 2.83 bits per heavy atom. The van der Waals surface area contributed by atoms with Crippen LogP contribution in [-0.2, 0) is 6.42 Å². The fourth-order valence-corrected chi connectivity index (χ4v) is 3.53. The number of ketones is 1. The maximum atomic E-state index is 12.1. The average Bonchev–Trinajstić information content (AvgIpc) is 2.82. The quantitative estimate of drug-likeness (QED) is 0.782. The SMILES string of the molecule is Cc1occc1-c1nc2c(s1)C(=O)CC(C)(C)C2. The molecule has 2 aromatic heterocycles. The summed E-state index contributed by atoms with van der Waals surface area (Å²) in [5.74, 6) is 1.08. The van der Waals surface area contributed by atoms with Crippen molar-refractivity contribution in [1.29, 1.82) is 0 Å². The van der Waals surface area contributed by atoms with E-state index in [1.165, 1.54) is 11.3 Å². The van der Waals surface area contributed by atoms with Crippen molar-refractivity contribution < 1.29 is 9.21 Å². The zero-order valence-electron chi connectivity index (χ0n) is 10.7. The van der Waals surface area contributed by atoms with E-state index in [9.17, 15) is 4.79 Å². The first-order valence-corrected chi connectivity index (χ1v) is 6.85. The lowest BCUT2D eigenvalue weighted by molar-refractivity contribution is 0.0916. The van der Waals surface area contributed by atoms with Gasteiger partial charge in [0.25, 0.3) is 0 Å². The van der Waals surface area contributed by atoms with E-state index in [-0.39, 0.29) is 11.2 Å². The van der Waals surface area contributed by atoms with Crippen LogP contribution in [0.4, 0.5) is 0 Å². The largest absolute Gasteiger partial charge is 0.469 e. The van der Waals surface area contributed by atoms with Crippen LogP contribution in [0.2, 0.25) is 0 Å². The third-order valence-electron chi connectivity index (χ3n) is 3.32. The van der Waals surface area contributed by atoms with E-state index in [2.05, 4.69) is 18.8 Å². The van der Waals surface area contributed by atoms with Crippen molar-refractivity contribution in [3.8, 4) is 10.6 Å². The number of aryl methyl sites for hydroxylation is 1. The minimum Gasteiger partial charge on any atom is -0.469 e. The first-order valence-electron chi connectivity index (χ1n) is 6.04. The standard InChI is InChI=1S/C14H15NO2S/c1-8-9(4-5-17-8)13-15-10-6-14(2,3)7-11(16)12(10)18-13/h4-5H,6-7H2,1-3H3. The highest BCUT2D eigenvalue weighted by Gasteiger charge is 2.34. The molecular formula is C14H15NO2S. The maximum absolute atomic E-state index is 12.1. The van der Waals surface area contributed by atoms with E-state index in [1.807, 2.05) is 13.0 Å². The van der Waals surface area contributed by atoms with Crippen LogP contribution < -0.4 is 0 Å². The van der Waals surface area contributed by atoms with Crippen LogP contribution in [0.5, 0.6) is 0 Å². The minimum atomic E-state index is 0.0286. The van der Waals surface area contributed by atoms with E-state index in [0.717, 1.165) is 33.3 Å². The van der Waals surface area contributed by atoms with Gasteiger partial charge in [-0.15, -0.1) is 11.3 Å². The average molecular weight is 261 g/mol. The highest BCUT2D eigenvalue weighted by molar-refractivity contribution is 7.17. The molecule has 3 nitrogen and oxygen atoms in total. The van der Waals surface area contributed by atoms with Gasteiger partial charge in [0.05, 0.1) is 22.4 Å². The highest BCUT2D eigenvalue weighted by Crippen LogP contribution is 2.40. The molecule has 1 aliphatic carbocycles. The lowest BCUT2D eigenvalue weighted by Crippen LogP contribution is -2.25. The van der Waals surface area contributed by atoms with Crippen molar-refractivity contribution in [1.82, 2.24) is 4.98 Å². The van der Waals surface area contributed by atoms with E-state index in [0.29, 0.717) is 6.42 Å². The second-order valence-electron chi connectivity index (χ2n) is 5.63. The van der Waals surface area contributed by atoms with E-state index >= 15 is 0 Å². The van der Waals surface area contributed by atoms with Gasteiger partial charge in [0.2, 0.25) is 0 Å². The molecular weight excluding hydrogens is 246 g/mol. The molecule has 0 radical (unpaired) electrons. The van der Waals surface area contributed by atoms with E-state index in [1.54, 1.807) is 6.26 Å². The number of carbonyl (C=O) groups is 1. The predicted octanol–water partition coefficient (Wildman–Crippen LogP) is 3.87. The number of nitrogens with zero attached hydrogens (tertiary/aromatic N) is 1. The van der Waals surface area contributed by atoms with Gasteiger partial charge in [0.15, 0.2) is 5.78 Å². The van der Waals surface area contributed by atoms with Crippen LogP contribution in [0.25, 0.3) is 10.6 Å². The third kappa shape index (κ3) is 1.81. The topological polar surface area (TPSA) is 43.1 Å². The van der Waals surface area contributed by atoms with E-state index in [4.69, 9.17) is 4.42 Å². The molecule has 2 heterocycles. The molecule has 0 saturated carbocycles. The molecule has 94 valence electrons. The molecule has 0 atom stereocenters. The molecule has 0 saturated heterocycles. The van der Waals surface area contributed by atoms with Crippen LogP contribution in [-0.4, -0.2) is 10.8 Å². The van der Waals surface area contributed by atoms with Crippen molar-refractivity contribution in [2.75, 3.05) is 0 Å². The highest BCUT2D eigenvalue weighted by atomic mass is 32.1. The van der Waals surface area contributed by atoms with Crippen LogP contribution in [0.3, 0.4) is 0 Å². The van der Waals surface area contributed by atoms with Crippen LogP contribution in [0.1, 0.15) is 41.4 Å². The zero-order valence-corrected chi connectivity index (χ0v) is 11.6. The Hall–Kier alpha value is -1.42. The number of Topliss-reactive ketones (excluding diaryl/α,β-unsaturated/α-hetero) is 1. The number of thiazole rings is 1. The molecule has 0 fully saturated rings. The van der Waals surface area contributed by atoms with Crippen molar-refractivity contribution in [3.63, 3.8) is 0 Å². The summed E-state index contributed by atoms with van der Waals surface area (Å²) in [6.45, 7) is 6.16. The number of fused-ring (bicyclic) bond motifs is 1. The summed E-state index contributed by atoms with van der Waals surface area (Å²) in [7, 11) is 0. The third-order valence-corrected chi connectivity index (χ3v) is 4.50. The summed E-state index contributed by atoms with van der Waals surface area (Å²) in [4.78, 5) is 17.6. The lowest BCUT2D eigenvalue weighted by Gasteiger charge is -2.26. The molecule has 18 heavy (non-hydrogen) atoms. The molecule has 1 aliphatic rings. The number of hydrogen-bond acceptors (Lipinski definition) is 4. The summed E-state index contributed by atoms with van der Waals surface area (Å²) in [5.41, 5.74) is 1.98. The Balaban J connectivity index is 2.08. The number of carbonyl (C=O) groups excluding carboxylic acids is 1. The van der Waals surface area contributed by atoms with Gasteiger partial charge in [0.1, 0.15) is 10.8 Å². The summed E-state index contributed by atoms with van der Waals surface area (Å²) in [6, 6.07) is 1.91. The molecule has 0 aromatic carbocycles. The second-order valence-corrected chi connectivity index (χ2v) is 6.63. The molecule has 0 amide bonds. The van der Waals surface area contributed by atoms with Crippen LogP contribution in [0.15, 0.2) is 16.7 Å². The van der Waals surface area contributed by atoms with Gasteiger partial charge in [-0.25, -0.2) is 4.98 Å². The van der Waals surface area contributed by atoms with Gasteiger partial charge in [-0.3, -0.25) is 4.79 Å². The first kappa shape index (κ1) is 11.7. The Labute approximate surface area is 110 Å². The molecule has 2 aromatic rings. The normalized spacial score (nSPS) is 17.8. The summed E-state index contributed by atoms with van der Waals surface area (Å²) < 4.78 is 5.30. The number of aromatic nitrogens is 1. The predicted molar refractivity (Wildman–Crippen MR) is 71.0 cm³/mol. The van der Waals surface area contributed by atoms with Gasteiger partial charge in [-0.05, 0) is 24.8 Å². The van der Waals surface area contributed by atoms with E-state index < -0.39 is 0 Å². The van der Waals surface area contributed by atoms with Crippen molar-refractivity contribution >= 4 is 17.1 Å². The van der Waals surface area contributed by atoms with Gasteiger partial charge in [-0.1, -0.05) is 13.8 Å². The van der Waals surface area contributed by atoms with Crippen LogP contribution in [0, 0.1) is 12.3 Å². The van der Waals surface area contributed by atoms with Crippen molar-refractivity contribution in [3.05, 3.63) is 28.7 Å². The summed E-state index contributed by atoms with van der Waals surface area (Å²) in [6.07, 6.45) is 3.16. The smallest absolute Gasteiger partial charge is 0.175 e. The summed E-state index contributed by atoms with van der Waals surface area (Å²) in [5, 5.41) is 0.900. The van der Waals surface area contributed by atoms with Gasteiger partial charge >= 0.3 is 0 Å². The van der Waals surface area contributed by atoms with Crippen molar-refractivity contribution in [2.45, 2.75) is 33.6 Å². The molecule has 4 heteroatoms.